The first-order valence-electron chi connectivity index (χ1n) is 3.03. The quantitative estimate of drug-likeness (QED) is 0.465. The first-order chi connectivity index (χ1) is 5.08. The molecule has 1 rings (SSSR count). The van der Waals surface area contributed by atoms with Crippen molar-refractivity contribution in [2.45, 2.75) is 5.79 Å². The van der Waals surface area contributed by atoms with E-state index in [2.05, 4.69) is 0 Å². The van der Waals surface area contributed by atoms with Gasteiger partial charge in [0.05, 0.1) is 11.8 Å². The number of nitrogens with zero attached hydrogens (tertiary/aromatic N) is 1. The van der Waals surface area contributed by atoms with E-state index in [0.717, 1.165) is 11.8 Å². The van der Waals surface area contributed by atoms with Crippen LogP contribution in [0.25, 0.3) is 0 Å². The topological polar surface area (TPSA) is 81.3 Å². The maximum absolute atomic E-state index is 10.9. The van der Waals surface area contributed by atoms with Gasteiger partial charge in [0.15, 0.2) is 17.5 Å². The van der Waals surface area contributed by atoms with Crippen molar-refractivity contribution in [3.63, 3.8) is 0 Å². The molecular weight excluding hydrogens is 166 g/mol. The summed E-state index contributed by atoms with van der Waals surface area (Å²) in [4.78, 5) is 10.9. The van der Waals surface area contributed by atoms with E-state index in [0.29, 0.717) is 0 Å². The van der Waals surface area contributed by atoms with Gasteiger partial charge in [-0.2, -0.15) is 5.26 Å². The third-order valence-electron chi connectivity index (χ3n) is 1.47. The monoisotopic (exact) mass is 173 g/mol. The van der Waals surface area contributed by atoms with Gasteiger partial charge in [-0.3, -0.25) is 4.79 Å². The molecule has 60 valence electrons. The van der Waals surface area contributed by atoms with Crippen molar-refractivity contribution in [2.24, 2.45) is 5.92 Å². The van der Waals surface area contributed by atoms with Crippen LogP contribution in [0.15, 0.2) is 0 Å². The first-order valence-corrected chi connectivity index (χ1v) is 4.18. The van der Waals surface area contributed by atoms with Crippen molar-refractivity contribution in [2.75, 3.05) is 11.5 Å². The van der Waals surface area contributed by atoms with Gasteiger partial charge in [0, 0.05) is 5.75 Å². The molecule has 4 nitrogen and oxygen atoms in total. The highest BCUT2D eigenvalue weighted by Gasteiger charge is 2.43. The predicted octanol–water partition coefficient (Wildman–Crippen LogP) is -0.877. The lowest BCUT2D eigenvalue weighted by atomic mass is 9.97. The van der Waals surface area contributed by atoms with Crippen LogP contribution < -0.4 is 0 Å². The minimum Gasteiger partial charge on any atom is -0.364 e. The summed E-state index contributed by atoms with van der Waals surface area (Å²) < 4.78 is 0. The fourth-order valence-corrected chi connectivity index (χ4v) is 1.84. The molecule has 0 radical (unpaired) electrons. The fraction of sp³-hybridized carbons (Fsp3) is 0.667. The third-order valence-corrected chi connectivity index (χ3v) is 2.59. The van der Waals surface area contributed by atoms with Crippen molar-refractivity contribution in [1.29, 1.82) is 5.26 Å². The van der Waals surface area contributed by atoms with E-state index in [9.17, 15) is 4.79 Å². The summed E-state index contributed by atoms with van der Waals surface area (Å²) in [6.07, 6.45) is 0. The lowest BCUT2D eigenvalue weighted by molar-refractivity contribution is -0.174. The molecule has 0 amide bonds. The highest BCUT2D eigenvalue weighted by atomic mass is 32.2. The molecule has 0 aromatic carbocycles. The largest absolute Gasteiger partial charge is 0.364 e. The Labute approximate surface area is 67.8 Å². The van der Waals surface area contributed by atoms with Crippen molar-refractivity contribution >= 4 is 17.5 Å². The second kappa shape index (κ2) is 2.81. The SMILES string of the molecule is N#CC1C(=O)CSCC1(O)O. The summed E-state index contributed by atoms with van der Waals surface area (Å²) in [5, 5.41) is 26.6. The molecule has 2 N–H and O–H groups in total. The number of hydrogen-bond acceptors (Lipinski definition) is 5. The Hall–Kier alpha value is -0.570. The first kappa shape index (κ1) is 8.53. The second-order valence-corrected chi connectivity index (χ2v) is 3.39. The van der Waals surface area contributed by atoms with Gasteiger partial charge in [0.1, 0.15) is 0 Å². The Bertz CT molecular complexity index is 220. The average Bonchev–Trinajstić information content (AvgIpc) is 1.86. The van der Waals surface area contributed by atoms with Gasteiger partial charge in [-0.1, -0.05) is 0 Å². The molecule has 1 atom stereocenters. The highest BCUT2D eigenvalue weighted by molar-refractivity contribution is 8.00. The van der Waals surface area contributed by atoms with Crippen LogP contribution in [0, 0.1) is 17.2 Å². The number of hydrogen-bond donors (Lipinski definition) is 2. The van der Waals surface area contributed by atoms with Crippen LogP contribution in [0.3, 0.4) is 0 Å². The smallest absolute Gasteiger partial charge is 0.195 e. The minimum atomic E-state index is -2.13. The zero-order valence-corrected chi connectivity index (χ0v) is 6.47. The number of carbonyl (C=O) groups is 1. The Morgan fingerprint density at radius 1 is 1.73 bits per heavy atom. The predicted molar refractivity (Wildman–Crippen MR) is 38.6 cm³/mol. The molecule has 0 spiro atoms. The molecule has 1 aliphatic heterocycles. The lowest BCUT2D eigenvalue weighted by Crippen LogP contribution is -2.47. The van der Waals surface area contributed by atoms with Crippen molar-refractivity contribution in [1.82, 2.24) is 0 Å². The van der Waals surface area contributed by atoms with Crippen LogP contribution in [0.2, 0.25) is 0 Å². The van der Waals surface area contributed by atoms with Crippen LogP contribution in [0.4, 0.5) is 0 Å². The van der Waals surface area contributed by atoms with Crippen LogP contribution in [0.5, 0.6) is 0 Å². The minimum absolute atomic E-state index is 0.0248. The van der Waals surface area contributed by atoms with Crippen LogP contribution in [-0.2, 0) is 4.79 Å². The Kier molecular flexibility index (Phi) is 2.18. The number of nitriles is 1. The summed E-state index contributed by atoms with van der Waals surface area (Å²) >= 11 is 1.13. The van der Waals surface area contributed by atoms with E-state index in [1.807, 2.05) is 0 Å². The highest BCUT2D eigenvalue weighted by Crippen LogP contribution is 2.26. The maximum atomic E-state index is 10.9. The Morgan fingerprint density at radius 2 is 2.36 bits per heavy atom. The molecule has 0 aliphatic carbocycles. The lowest BCUT2D eigenvalue weighted by Gasteiger charge is -2.28. The third kappa shape index (κ3) is 1.53. The number of thioether (sulfide) groups is 1. The van der Waals surface area contributed by atoms with E-state index < -0.39 is 17.5 Å². The molecule has 11 heavy (non-hydrogen) atoms. The number of rotatable bonds is 0. The van der Waals surface area contributed by atoms with Gasteiger partial charge in [-0.25, -0.2) is 0 Å². The van der Waals surface area contributed by atoms with Gasteiger partial charge in [-0.05, 0) is 0 Å². The normalized spacial score (nSPS) is 29.5. The van der Waals surface area contributed by atoms with Crippen LogP contribution in [0.1, 0.15) is 0 Å². The van der Waals surface area contributed by atoms with Crippen molar-refractivity contribution in [3.05, 3.63) is 0 Å². The average molecular weight is 173 g/mol. The van der Waals surface area contributed by atoms with Gasteiger partial charge >= 0.3 is 0 Å². The van der Waals surface area contributed by atoms with Gasteiger partial charge in [-0.15, -0.1) is 11.8 Å². The fourth-order valence-electron chi connectivity index (χ4n) is 0.902. The van der Waals surface area contributed by atoms with Crippen molar-refractivity contribution in [3.8, 4) is 6.07 Å². The molecule has 1 saturated heterocycles. The molecule has 1 aliphatic rings. The summed E-state index contributed by atoms with van der Waals surface area (Å²) in [6, 6.07) is 1.58. The number of Topliss-reactive ketones (excluding diaryl/α,β-unsaturated/α-hetero) is 1. The molecule has 0 aromatic heterocycles. The standard InChI is InChI=1S/C6H7NO3S/c7-1-4-5(8)2-11-3-6(4,9)10/h4,9-10H,2-3H2. The van der Waals surface area contributed by atoms with Crippen molar-refractivity contribution < 1.29 is 15.0 Å². The van der Waals surface area contributed by atoms with E-state index in [-0.39, 0.29) is 11.5 Å². The zero-order valence-electron chi connectivity index (χ0n) is 5.65. The molecule has 0 bridgehead atoms. The summed E-state index contributed by atoms with van der Waals surface area (Å²) in [5.41, 5.74) is 0. The Morgan fingerprint density at radius 3 is 2.73 bits per heavy atom. The van der Waals surface area contributed by atoms with E-state index >= 15 is 0 Å². The molecule has 1 fully saturated rings. The van der Waals surface area contributed by atoms with E-state index in [1.54, 1.807) is 6.07 Å². The van der Waals surface area contributed by atoms with Gasteiger partial charge in [0.2, 0.25) is 0 Å². The van der Waals surface area contributed by atoms with E-state index in [1.165, 1.54) is 0 Å². The van der Waals surface area contributed by atoms with Gasteiger partial charge < -0.3 is 10.2 Å². The van der Waals surface area contributed by atoms with Gasteiger partial charge in [0.25, 0.3) is 0 Å². The number of ketones is 1. The zero-order chi connectivity index (χ0) is 8.48. The summed E-state index contributed by atoms with van der Waals surface area (Å²) in [7, 11) is 0. The summed E-state index contributed by atoms with van der Waals surface area (Å²) in [6.45, 7) is 0. The molecule has 1 heterocycles. The van der Waals surface area contributed by atoms with Crippen LogP contribution in [-0.4, -0.2) is 33.3 Å². The molecule has 0 aromatic rings. The van der Waals surface area contributed by atoms with Crippen LogP contribution >= 0.6 is 11.8 Å². The van der Waals surface area contributed by atoms with E-state index in [4.69, 9.17) is 15.5 Å². The number of aliphatic hydroxyl groups is 2. The second-order valence-electron chi connectivity index (χ2n) is 2.40. The molecule has 1 unspecified atom stereocenters. The molecule has 5 heteroatoms. The maximum Gasteiger partial charge on any atom is 0.195 e. The summed E-state index contributed by atoms with van der Waals surface area (Å²) in [5.74, 6) is -3.59. The molecular formula is C6H7NO3S. The Balaban J connectivity index is 2.83. The number of carbonyl (C=O) groups excluding carboxylic acids is 1. The molecule has 0 saturated carbocycles.